The molecule has 6 nitrogen and oxygen atoms in total. The molecule has 1 N–H and O–H groups in total. The highest BCUT2D eigenvalue weighted by Gasteiger charge is 2.10. The monoisotopic (exact) mass is 376 g/mol. The molecule has 9 heteroatoms. The molecule has 1 heterocycles. The van der Waals surface area contributed by atoms with Crippen molar-refractivity contribution in [1.82, 2.24) is 4.98 Å². The maximum absolute atomic E-state index is 13.6. The number of hydrogen-bond acceptors (Lipinski definition) is 6. The highest BCUT2D eigenvalue weighted by Crippen LogP contribution is 2.27. The molecule has 0 saturated carbocycles. The summed E-state index contributed by atoms with van der Waals surface area (Å²) in [7, 11) is 0. The molecule has 0 fully saturated rings. The molecular formula is C16H10ClFN4O2S. The molecule has 25 heavy (non-hydrogen) atoms. The predicted octanol–water partition coefficient (Wildman–Crippen LogP) is 4.96. The van der Waals surface area contributed by atoms with Gasteiger partial charge in [0.05, 0.1) is 21.9 Å². The minimum atomic E-state index is -0.477. The lowest BCUT2D eigenvalue weighted by atomic mass is 10.1. The van der Waals surface area contributed by atoms with E-state index in [1.807, 2.05) is 0 Å². The van der Waals surface area contributed by atoms with Crippen molar-refractivity contribution < 1.29 is 9.31 Å². The highest BCUT2D eigenvalue weighted by atomic mass is 35.5. The average Bonchev–Trinajstić information content (AvgIpc) is 3.06. The average molecular weight is 377 g/mol. The van der Waals surface area contributed by atoms with Gasteiger partial charge in [0, 0.05) is 28.6 Å². The van der Waals surface area contributed by atoms with Gasteiger partial charge in [0.1, 0.15) is 5.82 Å². The van der Waals surface area contributed by atoms with Crippen molar-refractivity contribution in [2.45, 2.75) is 0 Å². The summed E-state index contributed by atoms with van der Waals surface area (Å²) < 4.78 is 13.6. The van der Waals surface area contributed by atoms with Crippen molar-refractivity contribution in [3.63, 3.8) is 0 Å². The van der Waals surface area contributed by atoms with Crippen LogP contribution < -0.4 is 5.43 Å². The molecule has 3 aromatic rings. The van der Waals surface area contributed by atoms with Gasteiger partial charge in [-0.15, -0.1) is 11.3 Å². The summed E-state index contributed by atoms with van der Waals surface area (Å²) in [6.07, 6.45) is 1.27. The number of anilines is 1. The maximum atomic E-state index is 13.6. The van der Waals surface area contributed by atoms with Gasteiger partial charge in [-0.1, -0.05) is 29.8 Å². The van der Waals surface area contributed by atoms with Gasteiger partial charge in [0.15, 0.2) is 0 Å². The Bertz CT molecular complexity index is 941. The molecule has 126 valence electrons. The number of nitrogens with one attached hydrogen (secondary N) is 1. The van der Waals surface area contributed by atoms with Gasteiger partial charge >= 0.3 is 0 Å². The van der Waals surface area contributed by atoms with Crippen LogP contribution in [0.4, 0.5) is 15.2 Å². The molecule has 0 spiro atoms. The van der Waals surface area contributed by atoms with Crippen LogP contribution >= 0.6 is 22.9 Å². The van der Waals surface area contributed by atoms with Gasteiger partial charge in [-0.25, -0.2) is 9.37 Å². The normalized spacial score (nSPS) is 11.0. The molecule has 0 saturated heterocycles. The predicted molar refractivity (Wildman–Crippen MR) is 96.8 cm³/mol. The van der Waals surface area contributed by atoms with Crippen molar-refractivity contribution in [2.24, 2.45) is 5.10 Å². The van der Waals surface area contributed by atoms with Crippen LogP contribution in [0.1, 0.15) is 5.56 Å². The Morgan fingerprint density at radius 2 is 2.12 bits per heavy atom. The van der Waals surface area contributed by atoms with Gasteiger partial charge in [-0.05, 0) is 12.1 Å². The van der Waals surface area contributed by atoms with Crippen LogP contribution in [-0.4, -0.2) is 16.1 Å². The van der Waals surface area contributed by atoms with Crippen LogP contribution in [-0.2, 0) is 0 Å². The van der Waals surface area contributed by atoms with Crippen molar-refractivity contribution in [2.75, 3.05) is 5.43 Å². The van der Waals surface area contributed by atoms with Crippen LogP contribution in [0.5, 0.6) is 0 Å². The van der Waals surface area contributed by atoms with Crippen molar-refractivity contribution in [1.29, 1.82) is 0 Å². The summed E-state index contributed by atoms with van der Waals surface area (Å²) in [6, 6.07) is 10.5. The van der Waals surface area contributed by atoms with Gasteiger partial charge in [0.2, 0.25) is 5.13 Å². The molecule has 0 amide bonds. The van der Waals surface area contributed by atoms with Crippen LogP contribution in [0.3, 0.4) is 0 Å². The standard InChI is InChI=1S/C16H10ClFN4O2S/c17-13-5-2-6-14(18)12(13)8-19-21-16-20-15(9-25-16)10-3-1-4-11(7-10)22(23)24/h1-9H,(H,20,21)/b19-8+. The van der Waals surface area contributed by atoms with Crippen LogP contribution in [0, 0.1) is 15.9 Å². The molecule has 2 aromatic carbocycles. The van der Waals surface area contributed by atoms with Gasteiger partial charge in [-0.2, -0.15) is 5.10 Å². The molecule has 3 rings (SSSR count). The van der Waals surface area contributed by atoms with E-state index in [2.05, 4.69) is 15.5 Å². The third-order valence-corrected chi connectivity index (χ3v) is 4.29. The third-order valence-electron chi connectivity index (χ3n) is 3.21. The second-order valence-corrected chi connectivity index (χ2v) is 6.12. The highest BCUT2D eigenvalue weighted by molar-refractivity contribution is 7.14. The van der Waals surface area contributed by atoms with Crippen molar-refractivity contribution in [3.8, 4) is 11.3 Å². The second-order valence-electron chi connectivity index (χ2n) is 4.85. The Labute approximate surface area is 150 Å². The largest absolute Gasteiger partial charge is 0.270 e. The number of non-ortho nitro benzene ring substituents is 1. The van der Waals surface area contributed by atoms with Gasteiger partial charge < -0.3 is 0 Å². The van der Waals surface area contributed by atoms with E-state index in [4.69, 9.17) is 11.6 Å². The Hall–Kier alpha value is -2.84. The molecular weight excluding hydrogens is 367 g/mol. The molecule has 0 bridgehead atoms. The smallest absolute Gasteiger partial charge is 0.258 e. The number of thiazole rings is 1. The fourth-order valence-corrected chi connectivity index (χ4v) is 2.90. The topological polar surface area (TPSA) is 80.4 Å². The van der Waals surface area contributed by atoms with Gasteiger partial charge in [-0.3, -0.25) is 15.5 Å². The van der Waals surface area contributed by atoms with E-state index in [1.54, 1.807) is 23.6 Å². The van der Waals surface area contributed by atoms with E-state index in [0.717, 1.165) is 0 Å². The Balaban J connectivity index is 1.75. The zero-order valence-corrected chi connectivity index (χ0v) is 14.1. The Morgan fingerprint density at radius 3 is 2.88 bits per heavy atom. The van der Waals surface area contributed by atoms with Crippen LogP contribution in [0.25, 0.3) is 11.3 Å². The summed E-state index contributed by atoms with van der Waals surface area (Å²) in [5.74, 6) is -0.477. The molecule has 0 radical (unpaired) electrons. The van der Waals surface area contributed by atoms with E-state index < -0.39 is 10.7 Å². The fourth-order valence-electron chi connectivity index (χ4n) is 2.02. The van der Waals surface area contributed by atoms with E-state index in [0.29, 0.717) is 16.4 Å². The first kappa shape index (κ1) is 17.0. The van der Waals surface area contributed by atoms with E-state index in [1.165, 1.54) is 41.8 Å². The minimum absolute atomic E-state index is 0.00720. The van der Waals surface area contributed by atoms with Crippen molar-refractivity contribution in [3.05, 3.63) is 74.4 Å². The molecule has 0 unspecified atom stereocenters. The number of nitrogens with zero attached hydrogens (tertiary/aromatic N) is 3. The van der Waals surface area contributed by atoms with Gasteiger partial charge in [0.25, 0.3) is 5.69 Å². The summed E-state index contributed by atoms with van der Waals surface area (Å²) >= 11 is 7.18. The molecule has 0 aliphatic carbocycles. The fraction of sp³-hybridized carbons (Fsp3) is 0. The number of aromatic nitrogens is 1. The number of rotatable bonds is 5. The second kappa shape index (κ2) is 7.37. The lowest BCUT2D eigenvalue weighted by molar-refractivity contribution is -0.384. The summed E-state index contributed by atoms with van der Waals surface area (Å²) in [4.78, 5) is 14.7. The van der Waals surface area contributed by atoms with Crippen molar-refractivity contribution >= 4 is 40.0 Å². The van der Waals surface area contributed by atoms with Crippen LogP contribution in [0.2, 0.25) is 5.02 Å². The third kappa shape index (κ3) is 3.98. The number of halogens is 2. The first-order chi connectivity index (χ1) is 12.0. The maximum Gasteiger partial charge on any atom is 0.270 e. The van der Waals surface area contributed by atoms with E-state index >= 15 is 0 Å². The molecule has 0 aliphatic heterocycles. The quantitative estimate of drug-likeness (QED) is 0.388. The Kier molecular flexibility index (Phi) is 5.01. The Morgan fingerprint density at radius 1 is 1.32 bits per heavy atom. The number of nitro benzene ring substituents is 1. The first-order valence-electron chi connectivity index (χ1n) is 6.98. The number of benzene rings is 2. The lowest BCUT2D eigenvalue weighted by Gasteiger charge is -1.99. The lowest BCUT2D eigenvalue weighted by Crippen LogP contribution is -1.94. The molecule has 0 aliphatic rings. The zero-order chi connectivity index (χ0) is 17.8. The number of hydrazone groups is 1. The summed E-state index contributed by atoms with van der Waals surface area (Å²) in [5.41, 5.74) is 4.06. The molecule has 0 atom stereocenters. The summed E-state index contributed by atoms with van der Waals surface area (Å²) in [5, 5.41) is 17.2. The van der Waals surface area contributed by atoms with E-state index in [9.17, 15) is 14.5 Å². The van der Waals surface area contributed by atoms with E-state index in [-0.39, 0.29) is 16.3 Å². The number of hydrogen-bond donors (Lipinski definition) is 1. The minimum Gasteiger partial charge on any atom is -0.258 e. The summed E-state index contributed by atoms with van der Waals surface area (Å²) in [6.45, 7) is 0. The first-order valence-corrected chi connectivity index (χ1v) is 8.24. The van der Waals surface area contributed by atoms with Crippen LogP contribution in [0.15, 0.2) is 52.9 Å². The number of nitro groups is 1. The zero-order valence-electron chi connectivity index (χ0n) is 12.5. The molecule has 1 aromatic heterocycles. The SMILES string of the molecule is O=[N+]([O-])c1cccc(-c2csc(N/N=C/c3c(F)cccc3Cl)n2)c1.